The molecule has 0 aromatic carbocycles. The second-order valence-electron chi connectivity index (χ2n) is 4.10. The molecule has 0 saturated heterocycles. The molecule has 0 radical (unpaired) electrons. The number of rotatable bonds is 2. The maximum Gasteiger partial charge on any atom is -0.0231 e. The van der Waals surface area contributed by atoms with Crippen LogP contribution < -0.4 is 0 Å². The Morgan fingerprint density at radius 1 is 1.27 bits per heavy atom. The van der Waals surface area contributed by atoms with Crippen molar-refractivity contribution in [2.75, 3.05) is 0 Å². The molecule has 1 rings (SSSR count). The van der Waals surface area contributed by atoms with Crippen LogP contribution in [0.25, 0.3) is 0 Å². The van der Waals surface area contributed by atoms with Crippen molar-refractivity contribution in [3.05, 3.63) is 12.2 Å². The summed E-state index contributed by atoms with van der Waals surface area (Å²) >= 11 is 0. The van der Waals surface area contributed by atoms with Crippen molar-refractivity contribution < 1.29 is 0 Å². The predicted octanol–water partition coefficient (Wildman–Crippen LogP) is 3.63. The predicted molar refractivity (Wildman–Crippen MR) is 50.5 cm³/mol. The largest absolute Gasteiger partial charge is 0.0914 e. The van der Waals surface area contributed by atoms with E-state index in [-0.39, 0.29) is 0 Å². The van der Waals surface area contributed by atoms with Crippen LogP contribution in [-0.4, -0.2) is 0 Å². The molecule has 1 aliphatic carbocycles. The van der Waals surface area contributed by atoms with Crippen molar-refractivity contribution in [3.63, 3.8) is 0 Å². The summed E-state index contributed by atoms with van der Waals surface area (Å²) in [5.41, 5.74) is 0. The lowest BCUT2D eigenvalue weighted by Crippen LogP contribution is -2.03. The summed E-state index contributed by atoms with van der Waals surface area (Å²) in [6, 6.07) is 0. The first kappa shape index (κ1) is 8.83. The standard InChI is InChI=1S/C11H20/c1-4-5-10-6-7-11(8-10)9(2)3/h4-5,9-11H,6-8H2,1-3H3/b5-4+. The third kappa shape index (κ3) is 2.36. The van der Waals surface area contributed by atoms with Crippen LogP contribution in [0, 0.1) is 17.8 Å². The lowest BCUT2D eigenvalue weighted by atomic mass is 9.93. The average molecular weight is 152 g/mol. The highest BCUT2D eigenvalue weighted by Crippen LogP contribution is 2.36. The van der Waals surface area contributed by atoms with E-state index in [0.29, 0.717) is 0 Å². The minimum absolute atomic E-state index is 0.894. The molecular weight excluding hydrogens is 132 g/mol. The second kappa shape index (κ2) is 3.94. The summed E-state index contributed by atoms with van der Waals surface area (Å²) < 4.78 is 0. The van der Waals surface area contributed by atoms with Crippen molar-refractivity contribution in [2.45, 2.75) is 40.0 Å². The van der Waals surface area contributed by atoms with Crippen molar-refractivity contribution in [3.8, 4) is 0 Å². The Balaban J connectivity index is 2.34. The molecule has 0 bridgehead atoms. The van der Waals surface area contributed by atoms with E-state index in [2.05, 4.69) is 32.9 Å². The normalized spacial score (nSPS) is 32.4. The summed E-state index contributed by atoms with van der Waals surface area (Å²) in [4.78, 5) is 0. The van der Waals surface area contributed by atoms with Gasteiger partial charge in [-0.25, -0.2) is 0 Å². The van der Waals surface area contributed by atoms with E-state index in [4.69, 9.17) is 0 Å². The Kier molecular flexibility index (Phi) is 3.16. The summed E-state index contributed by atoms with van der Waals surface area (Å²) in [5.74, 6) is 2.79. The maximum absolute atomic E-state index is 2.38. The molecule has 64 valence electrons. The van der Waals surface area contributed by atoms with Crippen LogP contribution >= 0.6 is 0 Å². The van der Waals surface area contributed by atoms with Gasteiger partial charge in [0.15, 0.2) is 0 Å². The maximum atomic E-state index is 2.38. The van der Waals surface area contributed by atoms with E-state index in [1.807, 2.05) is 0 Å². The highest BCUT2D eigenvalue weighted by Gasteiger charge is 2.24. The summed E-state index contributed by atoms with van der Waals surface area (Å²) in [5, 5.41) is 0. The Morgan fingerprint density at radius 2 is 2.00 bits per heavy atom. The van der Waals surface area contributed by atoms with Crippen molar-refractivity contribution in [1.29, 1.82) is 0 Å². The van der Waals surface area contributed by atoms with E-state index >= 15 is 0 Å². The summed E-state index contributed by atoms with van der Waals surface area (Å²) in [6.45, 7) is 6.83. The molecule has 0 aromatic rings. The van der Waals surface area contributed by atoms with Crippen molar-refractivity contribution in [2.24, 2.45) is 17.8 Å². The van der Waals surface area contributed by atoms with Crippen LogP contribution in [0.1, 0.15) is 40.0 Å². The van der Waals surface area contributed by atoms with Gasteiger partial charge in [0.1, 0.15) is 0 Å². The number of hydrogen-bond donors (Lipinski definition) is 0. The van der Waals surface area contributed by atoms with Gasteiger partial charge in [-0.2, -0.15) is 0 Å². The molecule has 0 aromatic heterocycles. The topological polar surface area (TPSA) is 0 Å². The first-order valence-corrected chi connectivity index (χ1v) is 4.87. The monoisotopic (exact) mass is 152 g/mol. The van der Waals surface area contributed by atoms with Crippen LogP contribution in [0.3, 0.4) is 0 Å². The Labute approximate surface area is 70.7 Å². The molecule has 1 fully saturated rings. The molecule has 0 spiro atoms. The molecule has 1 saturated carbocycles. The van der Waals surface area contributed by atoms with Gasteiger partial charge in [0.2, 0.25) is 0 Å². The summed E-state index contributed by atoms with van der Waals surface area (Å²) in [6.07, 6.45) is 8.89. The molecule has 0 aliphatic heterocycles. The van der Waals surface area contributed by atoms with E-state index in [9.17, 15) is 0 Å². The fraction of sp³-hybridized carbons (Fsp3) is 0.818. The fourth-order valence-corrected chi connectivity index (χ4v) is 2.11. The lowest BCUT2D eigenvalue weighted by Gasteiger charge is -2.12. The van der Waals surface area contributed by atoms with Crippen molar-refractivity contribution in [1.82, 2.24) is 0 Å². The Bertz CT molecular complexity index is 133. The smallest absolute Gasteiger partial charge is 0.0231 e. The first-order valence-electron chi connectivity index (χ1n) is 4.87. The van der Waals surface area contributed by atoms with Gasteiger partial charge in [0.25, 0.3) is 0 Å². The van der Waals surface area contributed by atoms with E-state index in [0.717, 1.165) is 17.8 Å². The minimum atomic E-state index is 0.894. The van der Waals surface area contributed by atoms with Crippen LogP contribution in [0.5, 0.6) is 0 Å². The number of hydrogen-bond acceptors (Lipinski definition) is 0. The molecule has 0 nitrogen and oxygen atoms in total. The highest BCUT2D eigenvalue weighted by molar-refractivity contribution is 4.91. The Hall–Kier alpha value is -0.260. The second-order valence-corrected chi connectivity index (χ2v) is 4.10. The molecule has 0 heteroatoms. The fourth-order valence-electron chi connectivity index (χ4n) is 2.11. The van der Waals surface area contributed by atoms with Crippen LogP contribution in [-0.2, 0) is 0 Å². The van der Waals surface area contributed by atoms with Gasteiger partial charge in [-0.15, -0.1) is 0 Å². The zero-order valence-electron chi connectivity index (χ0n) is 8.01. The van der Waals surface area contributed by atoms with Gasteiger partial charge < -0.3 is 0 Å². The molecule has 2 unspecified atom stereocenters. The number of allylic oxidation sites excluding steroid dienone is 2. The van der Waals surface area contributed by atoms with Gasteiger partial charge in [-0.05, 0) is 43.9 Å². The molecule has 2 atom stereocenters. The van der Waals surface area contributed by atoms with Gasteiger partial charge >= 0.3 is 0 Å². The van der Waals surface area contributed by atoms with E-state index in [1.165, 1.54) is 19.3 Å². The molecule has 1 aliphatic rings. The van der Waals surface area contributed by atoms with Crippen molar-refractivity contribution >= 4 is 0 Å². The lowest BCUT2D eigenvalue weighted by molar-refractivity contribution is 0.389. The zero-order valence-corrected chi connectivity index (χ0v) is 8.01. The molecule has 0 heterocycles. The third-order valence-corrected chi connectivity index (χ3v) is 2.92. The van der Waals surface area contributed by atoms with E-state index < -0.39 is 0 Å². The molecule has 11 heavy (non-hydrogen) atoms. The van der Waals surface area contributed by atoms with Gasteiger partial charge in [0, 0.05) is 0 Å². The van der Waals surface area contributed by atoms with Gasteiger partial charge in [-0.3, -0.25) is 0 Å². The summed E-state index contributed by atoms with van der Waals surface area (Å²) in [7, 11) is 0. The average Bonchev–Trinajstić information content (AvgIpc) is 2.37. The van der Waals surface area contributed by atoms with Crippen LogP contribution in [0.15, 0.2) is 12.2 Å². The quantitative estimate of drug-likeness (QED) is 0.530. The first-order chi connectivity index (χ1) is 5.24. The van der Waals surface area contributed by atoms with E-state index in [1.54, 1.807) is 0 Å². The van der Waals surface area contributed by atoms with Gasteiger partial charge in [-0.1, -0.05) is 26.0 Å². The van der Waals surface area contributed by atoms with Gasteiger partial charge in [0.05, 0.1) is 0 Å². The zero-order chi connectivity index (χ0) is 8.27. The van der Waals surface area contributed by atoms with Crippen LogP contribution in [0.2, 0.25) is 0 Å². The highest BCUT2D eigenvalue weighted by atomic mass is 14.3. The SMILES string of the molecule is C/C=C/C1CCC(C(C)C)C1. The molecule has 0 N–H and O–H groups in total. The molecule has 0 amide bonds. The Morgan fingerprint density at radius 3 is 2.45 bits per heavy atom. The molecular formula is C11H20. The van der Waals surface area contributed by atoms with Crippen LogP contribution in [0.4, 0.5) is 0 Å². The third-order valence-electron chi connectivity index (χ3n) is 2.92. The minimum Gasteiger partial charge on any atom is -0.0914 e.